The molecule has 1 aliphatic carbocycles. The number of aliphatic hydroxyl groups excluding tert-OH is 1. The van der Waals surface area contributed by atoms with Crippen LogP contribution in [0.1, 0.15) is 56.6 Å². The van der Waals surface area contributed by atoms with Gasteiger partial charge in [0.15, 0.2) is 0 Å². The van der Waals surface area contributed by atoms with Crippen molar-refractivity contribution < 1.29 is 14.6 Å². The van der Waals surface area contributed by atoms with Crippen molar-refractivity contribution in [2.24, 2.45) is 5.92 Å². The Hall–Kier alpha value is -1.43. The van der Waals surface area contributed by atoms with Gasteiger partial charge in [-0.2, -0.15) is 0 Å². The number of hydrogen-bond acceptors (Lipinski definition) is 4. The highest BCUT2D eigenvalue weighted by Crippen LogP contribution is 2.34. The molecule has 4 rings (SSSR count). The summed E-state index contributed by atoms with van der Waals surface area (Å²) in [6, 6.07) is 10.4. The Bertz CT molecular complexity index is 624. The van der Waals surface area contributed by atoms with Gasteiger partial charge in [0.2, 0.25) is 5.91 Å². The van der Waals surface area contributed by atoms with E-state index in [9.17, 15) is 9.90 Å². The van der Waals surface area contributed by atoms with E-state index in [1.165, 1.54) is 31.2 Å². The summed E-state index contributed by atoms with van der Waals surface area (Å²) in [6.45, 7) is 3.91. The lowest BCUT2D eigenvalue weighted by atomic mass is 9.95. The summed E-state index contributed by atoms with van der Waals surface area (Å²) in [5, 5.41) is 9.80. The molecule has 2 heterocycles. The normalized spacial score (nSPS) is 28.0. The van der Waals surface area contributed by atoms with Crippen molar-refractivity contribution in [1.29, 1.82) is 0 Å². The second-order valence-corrected chi connectivity index (χ2v) is 8.74. The zero-order chi connectivity index (χ0) is 19.3. The third-order valence-electron chi connectivity index (χ3n) is 6.75. The van der Waals surface area contributed by atoms with Crippen molar-refractivity contribution in [2.45, 2.75) is 63.2 Å². The van der Waals surface area contributed by atoms with Gasteiger partial charge in [-0.25, -0.2) is 0 Å². The van der Waals surface area contributed by atoms with Crippen LogP contribution in [0, 0.1) is 5.92 Å². The molecular formula is C23H34N2O3. The molecule has 3 aliphatic rings. The van der Waals surface area contributed by atoms with E-state index >= 15 is 0 Å². The Kier molecular flexibility index (Phi) is 6.65. The fourth-order valence-electron chi connectivity index (χ4n) is 5.15. The maximum absolute atomic E-state index is 13.2. The molecule has 0 unspecified atom stereocenters. The van der Waals surface area contributed by atoms with Gasteiger partial charge in [-0.05, 0) is 37.2 Å². The van der Waals surface area contributed by atoms with Crippen molar-refractivity contribution in [2.75, 3.05) is 32.8 Å². The molecule has 0 radical (unpaired) electrons. The average Bonchev–Trinajstić information content (AvgIpc) is 3.23. The number of likely N-dealkylation sites (tertiary alicyclic amines) is 1. The molecule has 1 saturated carbocycles. The highest BCUT2D eigenvalue weighted by molar-refractivity contribution is 5.77. The lowest BCUT2D eigenvalue weighted by molar-refractivity contribution is -0.149. The van der Waals surface area contributed by atoms with Gasteiger partial charge in [0.1, 0.15) is 0 Å². The zero-order valence-corrected chi connectivity index (χ0v) is 16.8. The first-order chi connectivity index (χ1) is 13.7. The lowest BCUT2D eigenvalue weighted by Gasteiger charge is -2.44. The smallest absolute Gasteiger partial charge is 0.223 e. The van der Waals surface area contributed by atoms with Crippen LogP contribution in [0.2, 0.25) is 0 Å². The Morgan fingerprint density at radius 1 is 1.04 bits per heavy atom. The van der Waals surface area contributed by atoms with Crippen LogP contribution in [0.4, 0.5) is 0 Å². The van der Waals surface area contributed by atoms with Crippen molar-refractivity contribution in [3.8, 4) is 0 Å². The predicted octanol–water partition coefficient (Wildman–Crippen LogP) is 2.99. The maximum Gasteiger partial charge on any atom is 0.223 e. The molecule has 5 heteroatoms. The Morgan fingerprint density at radius 2 is 1.75 bits per heavy atom. The fourth-order valence-corrected chi connectivity index (χ4v) is 5.15. The number of rotatable bonds is 5. The van der Waals surface area contributed by atoms with E-state index in [1.807, 2.05) is 6.07 Å². The average molecular weight is 387 g/mol. The third-order valence-corrected chi connectivity index (χ3v) is 6.75. The van der Waals surface area contributed by atoms with Crippen molar-refractivity contribution in [3.63, 3.8) is 0 Å². The summed E-state index contributed by atoms with van der Waals surface area (Å²) in [5.41, 5.74) is 1.17. The summed E-state index contributed by atoms with van der Waals surface area (Å²) in [6.07, 6.45) is 7.10. The van der Waals surface area contributed by atoms with Crippen LogP contribution in [0.3, 0.4) is 0 Å². The molecule has 0 aromatic heterocycles. The molecule has 5 nitrogen and oxygen atoms in total. The highest BCUT2D eigenvalue weighted by atomic mass is 16.5. The predicted molar refractivity (Wildman–Crippen MR) is 109 cm³/mol. The number of amides is 1. The minimum absolute atomic E-state index is 0.0149. The minimum Gasteiger partial charge on any atom is -0.393 e. The largest absolute Gasteiger partial charge is 0.393 e. The molecule has 154 valence electrons. The molecule has 1 N–H and O–H groups in total. The number of nitrogens with zero attached hydrogens (tertiary/aromatic N) is 2. The number of carbonyl (C=O) groups excluding carboxylic acids is 1. The van der Waals surface area contributed by atoms with Crippen LogP contribution in [0.15, 0.2) is 30.3 Å². The van der Waals surface area contributed by atoms with Crippen molar-refractivity contribution in [3.05, 3.63) is 35.9 Å². The van der Waals surface area contributed by atoms with E-state index in [2.05, 4.69) is 34.1 Å². The van der Waals surface area contributed by atoms with Gasteiger partial charge < -0.3 is 19.6 Å². The van der Waals surface area contributed by atoms with Crippen LogP contribution < -0.4 is 0 Å². The number of piperidine rings is 1. The molecule has 2 aliphatic heterocycles. The first kappa shape index (κ1) is 19.9. The molecule has 1 amide bonds. The first-order valence-electron chi connectivity index (χ1n) is 11.1. The summed E-state index contributed by atoms with van der Waals surface area (Å²) in [4.78, 5) is 17.7. The van der Waals surface area contributed by atoms with E-state index in [4.69, 9.17) is 4.74 Å². The van der Waals surface area contributed by atoms with Gasteiger partial charge in [-0.1, -0.05) is 43.2 Å². The molecule has 2 saturated heterocycles. The van der Waals surface area contributed by atoms with Gasteiger partial charge in [0, 0.05) is 32.6 Å². The number of benzene rings is 1. The first-order valence-corrected chi connectivity index (χ1v) is 11.1. The Labute approximate surface area is 168 Å². The Morgan fingerprint density at radius 3 is 2.46 bits per heavy atom. The SMILES string of the molecule is O=C(CC1CCCC1)N1CCO[C@@H](CN2CCC(O)CC2)[C@@H]1c1ccccc1. The van der Waals surface area contributed by atoms with Crippen LogP contribution >= 0.6 is 0 Å². The van der Waals surface area contributed by atoms with E-state index in [-0.39, 0.29) is 18.2 Å². The molecule has 0 bridgehead atoms. The number of ether oxygens (including phenoxy) is 1. The monoisotopic (exact) mass is 386 g/mol. The van der Waals surface area contributed by atoms with Gasteiger partial charge in [0.25, 0.3) is 0 Å². The molecule has 0 spiro atoms. The third kappa shape index (κ3) is 4.76. The summed E-state index contributed by atoms with van der Waals surface area (Å²) in [5.74, 6) is 0.858. The summed E-state index contributed by atoms with van der Waals surface area (Å²) < 4.78 is 6.23. The number of aliphatic hydroxyl groups is 1. The molecular weight excluding hydrogens is 352 g/mol. The van der Waals surface area contributed by atoms with E-state index < -0.39 is 0 Å². The van der Waals surface area contributed by atoms with Gasteiger partial charge in [-0.3, -0.25) is 4.79 Å². The van der Waals surface area contributed by atoms with Crippen molar-refractivity contribution >= 4 is 5.91 Å². The van der Waals surface area contributed by atoms with E-state index in [1.54, 1.807) is 0 Å². The standard InChI is InChI=1S/C23H34N2O3/c26-20-10-12-24(13-11-20)17-21-23(19-8-2-1-3-9-19)25(14-15-28-21)22(27)16-18-6-4-5-7-18/h1-3,8-9,18,20-21,23,26H,4-7,10-17H2/t21-,23-/m0/s1. The fraction of sp³-hybridized carbons (Fsp3) is 0.696. The molecule has 1 aromatic carbocycles. The minimum atomic E-state index is -0.169. The topological polar surface area (TPSA) is 53.0 Å². The van der Waals surface area contributed by atoms with Gasteiger partial charge in [-0.15, -0.1) is 0 Å². The van der Waals surface area contributed by atoms with Crippen LogP contribution in [-0.4, -0.2) is 65.8 Å². The highest BCUT2D eigenvalue weighted by Gasteiger charge is 2.38. The maximum atomic E-state index is 13.2. The number of hydrogen-bond donors (Lipinski definition) is 1. The zero-order valence-electron chi connectivity index (χ0n) is 16.8. The van der Waals surface area contributed by atoms with Gasteiger partial charge in [0.05, 0.1) is 24.9 Å². The van der Waals surface area contributed by atoms with E-state index in [0.717, 1.165) is 32.5 Å². The molecule has 2 atom stereocenters. The molecule has 28 heavy (non-hydrogen) atoms. The molecule has 3 fully saturated rings. The second-order valence-electron chi connectivity index (χ2n) is 8.74. The van der Waals surface area contributed by atoms with E-state index in [0.29, 0.717) is 31.4 Å². The van der Waals surface area contributed by atoms with Crippen LogP contribution in [-0.2, 0) is 9.53 Å². The van der Waals surface area contributed by atoms with Crippen LogP contribution in [0.25, 0.3) is 0 Å². The summed E-state index contributed by atoms with van der Waals surface area (Å²) in [7, 11) is 0. The molecule has 1 aromatic rings. The summed E-state index contributed by atoms with van der Waals surface area (Å²) >= 11 is 0. The second kappa shape index (κ2) is 9.38. The van der Waals surface area contributed by atoms with Gasteiger partial charge >= 0.3 is 0 Å². The lowest BCUT2D eigenvalue weighted by Crippen LogP contribution is -2.53. The van der Waals surface area contributed by atoms with Crippen LogP contribution in [0.5, 0.6) is 0 Å². The quantitative estimate of drug-likeness (QED) is 0.845. The Balaban J connectivity index is 1.50. The number of carbonyl (C=O) groups is 1. The number of morpholine rings is 1. The van der Waals surface area contributed by atoms with Crippen molar-refractivity contribution in [1.82, 2.24) is 9.80 Å².